The van der Waals surface area contributed by atoms with Crippen LogP contribution in [0.15, 0.2) is 83.3 Å². The lowest BCUT2D eigenvalue weighted by molar-refractivity contribution is -0.137. The number of Topliss-reactive ketones (excluding diaryl/α,β-unsaturated/α-hetero) is 1. The Labute approximate surface area is 473 Å². The van der Waals surface area contributed by atoms with Crippen LogP contribution < -0.4 is 65.5 Å². The van der Waals surface area contributed by atoms with E-state index >= 15 is 0 Å². The van der Waals surface area contributed by atoms with E-state index < -0.39 is 107 Å². The molecule has 28 nitrogen and oxygen atoms in total. The van der Waals surface area contributed by atoms with Crippen molar-refractivity contribution in [1.29, 1.82) is 0 Å². The average Bonchev–Trinajstić information content (AvgIpc) is 4.21. The minimum atomic E-state index is -1.48. The van der Waals surface area contributed by atoms with Gasteiger partial charge in [-0.3, -0.25) is 58.0 Å². The van der Waals surface area contributed by atoms with Crippen LogP contribution in [0.5, 0.6) is 0 Å². The number of aromatic amines is 2. The number of benzene rings is 2. The molecule has 8 atom stereocenters. The maximum Gasteiger partial charge on any atom is 0.325 e. The summed E-state index contributed by atoms with van der Waals surface area (Å²) in [6.07, 6.45) is 4.22. The van der Waals surface area contributed by atoms with Crippen molar-refractivity contribution < 1.29 is 47.9 Å². The molecule has 2 aromatic heterocycles. The van der Waals surface area contributed by atoms with E-state index in [0.717, 1.165) is 37.4 Å². The Balaban J connectivity index is 1.38. The van der Waals surface area contributed by atoms with Gasteiger partial charge in [0.15, 0.2) is 17.7 Å². The van der Waals surface area contributed by atoms with Crippen LogP contribution in [-0.2, 0) is 62.4 Å². The minimum absolute atomic E-state index is 0.0331. The summed E-state index contributed by atoms with van der Waals surface area (Å²) in [7, 11) is 2.05. The van der Waals surface area contributed by atoms with Crippen LogP contribution >= 0.6 is 21.6 Å². The summed E-state index contributed by atoms with van der Waals surface area (Å²) < 4.78 is 0. The molecule has 0 aliphatic carbocycles. The fourth-order valence-corrected chi connectivity index (χ4v) is 11.1. The first-order valence-electron chi connectivity index (χ1n) is 25.9. The van der Waals surface area contributed by atoms with Gasteiger partial charge in [-0.2, -0.15) is 0 Å². The number of aromatic nitrogens is 3. The number of nitrogens with two attached hydrogens (primary N) is 4. The monoisotopic (exact) mass is 1160 g/mol. The van der Waals surface area contributed by atoms with Gasteiger partial charge in [0, 0.05) is 72.8 Å². The summed E-state index contributed by atoms with van der Waals surface area (Å²) in [5.41, 5.74) is 24.5. The molecule has 10 amide bonds. The summed E-state index contributed by atoms with van der Waals surface area (Å²) in [4.78, 5) is 159. The highest BCUT2D eigenvalue weighted by molar-refractivity contribution is 8.76. The molecule has 2 aliphatic rings. The summed E-state index contributed by atoms with van der Waals surface area (Å²) >= 11 is 0. The number of ketones is 1. The largest absolute Gasteiger partial charge is 0.370 e. The molecule has 2 saturated heterocycles. The number of hydrogen-bond acceptors (Lipinski definition) is 15. The molecule has 2 aliphatic heterocycles. The third kappa shape index (κ3) is 18.4. The lowest BCUT2D eigenvalue weighted by Gasteiger charge is -2.28. The zero-order valence-corrected chi connectivity index (χ0v) is 46.2. The molecule has 434 valence electrons. The molecule has 0 radical (unpaired) electrons. The van der Waals surface area contributed by atoms with Gasteiger partial charge in [0.25, 0.3) is 5.91 Å². The van der Waals surface area contributed by atoms with E-state index in [4.69, 9.17) is 22.9 Å². The van der Waals surface area contributed by atoms with E-state index in [0.29, 0.717) is 16.8 Å². The maximum atomic E-state index is 14.7. The van der Waals surface area contributed by atoms with Crippen molar-refractivity contribution >= 4 is 103 Å². The molecule has 18 N–H and O–H groups in total. The van der Waals surface area contributed by atoms with Gasteiger partial charge in [-0.1, -0.05) is 70.1 Å². The number of aliphatic imine (C=N–C) groups is 2. The molecule has 4 aromatic rings. The molecule has 4 heterocycles. The smallest absolute Gasteiger partial charge is 0.325 e. The number of fused-ring (bicyclic) bond motifs is 1. The number of imide groups is 1. The number of carbonyl (C=O) groups excluding carboxylic acids is 10. The Kier molecular flexibility index (Phi) is 22.8. The fourth-order valence-electron chi connectivity index (χ4n) is 8.72. The van der Waals surface area contributed by atoms with Gasteiger partial charge in [-0.25, -0.2) is 9.78 Å². The first-order valence-corrected chi connectivity index (χ1v) is 28.4. The highest BCUT2D eigenvalue weighted by Crippen LogP contribution is 2.25. The van der Waals surface area contributed by atoms with Gasteiger partial charge >= 0.3 is 6.03 Å². The van der Waals surface area contributed by atoms with E-state index in [9.17, 15) is 47.9 Å². The second kappa shape index (κ2) is 30.1. The van der Waals surface area contributed by atoms with E-state index in [2.05, 4.69) is 67.5 Å². The Morgan fingerprint density at radius 2 is 1.31 bits per heavy atom. The fraction of sp³-hybridized carbons (Fsp3) is 0.431. The standard InChI is InChI=1S/C51H68N18O10S2/c1-27-42(72)64-37(20-31-22-56-26-61-31)46(76)65-35(18-29-10-4-3-5-11-29)44(74)63-34(14-8-16-57-49(52)53)43(73)66-36(19-30-21-59-33-13-7-6-12-32(30)33)45(75)67-38(28(2)70)24-80-81-25-39(47(77)62-27)68-48(78)40(15-9-17-58-50(54)55)69-41(71)23-60-51(69)79/h3-7,10-13,21-22,26-27,34-40,59H,8-9,14-20,23-25H2,1-2H3,(H,56,61)(H,60,79)(H,62,77)(H,63,74)(H,64,72)(H,65,76)(H,66,73)(H,67,75)(H,68,78)(H4,52,53,57)(H4,54,55,58)/t27-,34+,35-,36+,37+,38+,39+,40-/m1/s1. The third-order valence-electron chi connectivity index (χ3n) is 13.0. The van der Waals surface area contributed by atoms with Gasteiger partial charge in [0.05, 0.1) is 18.9 Å². The van der Waals surface area contributed by atoms with Gasteiger partial charge in [0.1, 0.15) is 42.3 Å². The summed E-state index contributed by atoms with van der Waals surface area (Å²) in [6.45, 7) is 2.30. The molecule has 0 saturated carbocycles. The predicted molar refractivity (Wildman–Crippen MR) is 303 cm³/mol. The van der Waals surface area contributed by atoms with E-state index in [1.165, 1.54) is 26.4 Å². The number of hydrogen-bond donors (Lipinski definition) is 14. The SMILES string of the molecule is CC(=O)[C@@H]1CSSC[C@H](NC(=O)[C@@H](CCCN=C(N)N)N2C(=O)CNC2=O)C(=O)N[C@H](C)C(=O)N[C@@H](Cc2cnc[nH]2)C(=O)N[C@H](Cc2ccccc2)C(=O)N[C@@H](CCCN=C(N)N)C(=O)N[C@@H](Cc2c[nH]c3ccccc23)C(=O)N1. The number of amides is 10. The molecule has 0 bridgehead atoms. The molecule has 2 aromatic carbocycles. The second-order valence-electron chi connectivity index (χ2n) is 19.1. The zero-order chi connectivity index (χ0) is 58.6. The summed E-state index contributed by atoms with van der Waals surface area (Å²) in [5, 5.41) is 22.1. The number of urea groups is 1. The number of imidazole rings is 1. The van der Waals surface area contributed by atoms with E-state index in [-0.39, 0.29) is 88.0 Å². The Morgan fingerprint density at radius 1 is 0.704 bits per heavy atom. The van der Waals surface area contributed by atoms with Crippen LogP contribution in [0.2, 0.25) is 0 Å². The highest BCUT2D eigenvalue weighted by atomic mass is 33.1. The topological polar surface area (TPSA) is 443 Å². The molecule has 6 rings (SSSR count). The Hall–Kier alpha value is -8.67. The Morgan fingerprint density at radius 3 is 1.96 bits per heavy atom. The number of guanidine groups is 2. The number of rotatable bonds is 18. The van der Waals surface area contributed by atoms with Crippen LogP contribution in [0.1, 0.15) is 56.4 Å². The summed E-state index contributed by atoms with van der Waals surface area (Å²) in [5.74, 6) is -7.85. The average molecular weight is 1160 g/mol. The van der Waals surface area contributed by atoms with Crippen molar-refractivity contribution in [2.24, 2.45) is 32.9 Å². The number of para-hydroxylation sites is 1. The van der Waals surface area contributed by atoms with Crippen LogP contribution in [0, 0.1) is 0 Å². The molecular weight excluding hydrogens is 1090 g/mol. The summed E-state index contributed by atoms with van der Waals surface area (Å²) in [6, 6.07) is 4.09. The number of H-pyrrole nitrogens is 2. The molecule has 30 heteroatoms. The normalized spacial score (nSPS) is 22.4. The van der Waals surface area contributed by atoms with Crippen molar-refractivity contribution in [3.05, 3.63) is 90.1 Å². The first kappa shape index (κ1) is 61.5. The zero-order valence-electron chi connectivity index (χ0n) is 44.5. The number of carbonyl (C=O) groups is 10. The number of nitrogens with zero attached hydrogens (tertiary/aromatic N) is 4. The second-order valence-corrected chi connectivity index (χ2v) is 21.7. The Bertz CT molecular complexity index is 2940. The van der Waals surface area contributed by atoms with Crippen LogP contribution in [0.3, 0.4) is 0 Å². The molecular formula is C51H68N18O10S2. The molecule has 0 spiro atoms. The van der Waals surface area contributed by atoms with Crippen LogP contribution in [0.25, 0.3) is 10.9 Å². The van der Waals surface area contributed by atoms with Gasteiger partial charge in [0.2, 0.25) is 41.4 Å². The molecule has 0 unspecified atom stereocenters. The van der Waals surface area contributed by atoms with E-state index in [1.54, 1.807) is 42.6 Å². The third-order valence-corrected chi connectivity index (χ3v) is 15.4. The van der Waals surface area contributed by atoms with Crippen molar-refractivity contribution in [3.63, 3.8) is 0 Å². The minimum Gasteiger partial charge on any atom is -0.370 e. The van der Waals surface area contributed by atoms with Crippen LogP contribution in [0.4, 0.5) is 4.79 Å². The van der Waals surface area contributed by atoms with Crippen molar-refractivity contribution in [2.75, 3.05) is 31.1 Å². The quantitative estimate of drug-likeness (QED) is 0.0159. The molecule has 81 heavy (non-hydrogen) atoms. The lowest BCUT2D eigenvalue weighted by atomic mass is 10.0. The van der Waals surface area contributed by atoms with Crippen molar-refractivity contribution in [1.82, 2.24) is 62.4 Å². The molecule has 2 fully saturated rings. The maximum absolute atomic E-state index is 14.7. The lowest BCUT2D eigenvalue weighted by Crippen LogP contribution is -2.61. The highest BCUT2D eigenvalue weighted by Gasteiger charge is 2.40. The first-order chi connectivity index (χ1) is 38.8. The number of nitrogens with one attached hydrogen (secondary N) is 10. The van der Waals surface area contributed by atoms with Gasteiger partial charge in [-0.05, 0) is 56.7 Å². The van der Waals surface area contributed by atoms with Crippen molar-refractivity contribution in [3.8, 4) is 0 Å². The van der Waals surface area contributed by atoms with Crippen molar-refractivity contribution in [2.45, 2.75) is 107 Å². The van der Waals surface area contributed by atoms with Gasteiger partial charge in [-0.15, -0.1) is 0 Å². The van der Waals surface area contributed by atoms with Crippen LogP contribution in [-0.4, -0.2) is 170 Å². The van der Waals surface area contributed by atoms with E-state index in [1.807, 2.05) is 18.2 Å². The predicted octanol–water partition coefficient (Wildman–Crippen LogP) is -2.66. The van der Waals surface area contributed by atoms with Gasteiger partial charge < -0.3 is 75.4 Å².